The average molecular weight is 376 g/mol. The van der Waals surface area contributed by atoms with Crippen molar-refractivity contribution in [2.45, 2.75) is 18.8 Å². The molecular weight excluding hydrogens is 357 g/mol. The van der Waals surface area contributed by atoms with Crippen molar-refractivity contribution in [3.8, 4) is 11.5 Å². The van der Waals surface area contributed by atoms with E-state index >= 15 is 0 Å². The third-order valence-corrected chi connectivity index (χ3v) is 5.08. The lowest BCUT2D eigenvalue weighted by Crippen LogP contribution is -2.27. The van der Waals surface area contributed by atoms with Gasteiger partial charge in [-0.2, -0.15) is 0 Å². The highest BCUT2D eigenvalue weighted by Gasteiger charge is 2.44. The highest BCUT2D eigenvalue weighted by Crippen LogP contribution is 2.48. The van der Waals surface area contributed by atoms with Gasteiger partial charge in [-0.3, -0.25) is 4.79 Å². The van der Waals surface area contributed by atoms with Gasteiger partial charge in [0.05, 0.1) is 5.02 Å². The summed E-state index contributed by atoms with van der Waals surface area (Å²) in [7, 11) is 0. The molecule has 1 saturated carbocycles. The number of benzene rings is 2. The van der Waals surface area contributed by atoms with E-state index in [4.69, 9.17) is 21.1 Å². The zero-order chi connectivity index (χ0) is 18.1. The summed E-state index contributed by atoms with van der Waals surface area (Å²) in [5.41, 5.74) is 1.60. The van der Waals surface area contributed by atoms with Crippen molar-refractivity contribution in [3.63, 3.8) is 0 Å². The van der Waals surface area contributed by atoms with Crippen LogP contribution in [0.5, 0.6) is 11.5 Å². The molecule has 2 aromatic rings. The van der Waals surface area contributed by atoms with Gasteiger partial charge in [-0.15, -0.1) is 0 Å². The molecule has 1 aliphatic carbocycles. The van der Waals surface area contributed by atoms with Crippen molar-refractivity contribution in [1.82, 2.24) is 5.32 Å². The molecule has 1 heterocycles. The molecule has 0 spiro atoms. The van der Waals surface area contributed by atoms with E-state index in [9.17, 15) is 9.18 Å². The summed E-state index contributed by atoms with van der Waals surface area (Å²) in [5, 5.41) is 3.45. The average Bonchev–Trinajstić information content (AvgIpc) is 3.43. The molecule has 0 aromatic heterocycles. The zero-order valence-corrected chi connectivity index (χ0v) is 14.9. The molecule has 0 bridgehead atoms. The summed E-state index contributed by atoms with van der Waals surface area (Å²) in [5.74, 6) is 0.805. The zero-order valence-electron chi connectivity index (χ0n) is 14.1. The van der Waals surface area contributed by atoms with Gasteiger partial charge in [0.15, 0.2) is 11.5 Å². The lowest BCUT2D eigenvalue weighted by Gasteiger charge is -2.20. The first kappa shape index (κ1) is 17.2. The first-order valence-electron chi connectivity index (χ1n) is 8.73. The summed E-state index contributed by atoms with van der Waals surface area (Å²) in [4.78, 5) is 12.3. The van der Waals surface area contributed by atoms with E-state index in [2.05, 4.69) is 5.32 Å². The monoisotopic (exact) mass is 375 g/mol. The van der Waals surface area contributed by atoms with Gasteiger partial charge in [-0.1, -0.05) is 29.8 Å². The standard InChI is InChI=1S/C20H19ClFNO3/c21-16-9-12(10-18-19(16)26-8-7-25-18)5-6-23-20(24)15-11-14(15)13-3-1-2-4-17(13)22/h1-4,9-10,14-15H,5-8,11H2,(H,23,24). The maximum Gasteiger partial charge on any atom is 0.223 e. The molecule has 0 saturated heterocycles. The Morgan fingerprint density at radius 2 is 2.04 bits per heavy atom. The quantitative estimate of drug-likeness (QED) is 0.866. The minimum absolute atomic E-state index is 0.0139. The minimum Gasteiger partial charge on any atom is -0.486 e. The topological polar surface area (TPSA) is 47.6 Å². The van der Waals surface area contributed by atoms with Gasteiger partial charge in [-0.25, -0.2) is 4.39 Å². The molecule has 1 aliphatic heterocycles. The Bertz CT molecular complexity index is 842. The van der Waals surface area contributed by atoms with Crippen molar-refractivity contribution in [3.05, 3.63) is 58.4 Å². The number of nitrogens with one attached hydrogen (secondary N) is 1. The Kier molecular flexibility index (Phi) is 4.72. The Morgan fingerprint density at radius 1 is 1.23 bits per heavy atom. The fourth-order valence-electron chi connectivity index (χ4n) is 3.37. The minimum atomic E-state index is -0.237. The number of halogens is 2. The predicted molar refractivity (Wildman–Crippen MR) is 96.4 cm³/mol. The van der Waals surface area contributed by atoms with E-state index in [-0.39, 0.29) is 23.6 Å². The largest absolute Gasteiger partial charge is 0.486 e. The molecule has 2 unspecified atom stereocenters. The van der Waals surface area contributed by atoms with Crippen LogP contribution in [-0.4, -0.2) is 25.7 Å². The Hall–Kier alpha value is -2.27. The fraction of sp³-hybridized carbons (Fsp3) is 0.350. The number of fused-ring (bicyclic) bond motifs is 1. The van der Waals surface area contributed by atoms with Crippen LogP contribution < -0.4 is 14.8 Å². The number of rotatable bonds is 5. The SMILES string of the molecule is O=C(NCCc1cc(Cl)c2c(c1)OCCO2)C1CC1c1ccccc1F. The van der Waals surface area contributed by atoms with Crippen LogP contribution in [0.25, 0.3) is 0 Å². The molecule has 1 N–H and O–H groups in total. The smallest absolute Gasteiger partial charge is 0.223 e. The third kappa shape index (κ3) is 3.49. The van der Waals surface area contributed by atoms with Crippen LogP contribution in [0, 0.1) is 11.7 Å². The van der Waals surface area contributed by atoms with Crippen LogP contribution in [0.15, 0.2) is 36.4 Å². The molecule has 1 amide bonds. The van der Waals surface area contributed by atoms with Crippen LogP contribution in [-0.2, 0) is 11.2 Å². The molecule has 6 heteroatoms. The van der Waals surface area contributed by atoms with Crippen molar-refractivity contribution in [2.24, 2.45) is 5.92 Å². The predicted octanol–water partition coefficient (Wildman–Crippen LogP) is 3.71. The third-order valence-electron chi connectivity index (χ3n) is 4.80. The van der Waals surface area contributed by atoms with Gasteiger partial charge in [0.2, 0.25) is 5.91 Å². The Morgan fingerprint density at radius 3 is 2.88 bits per heavy atom. The van der Waals surface area contributed by atoms with Crippen LogP contribution in [0.1, 0.15) is 23.5 Å². The van der Waals surface area contributed by atoms with Gasteiger partial charge in [-0.05, 0) is 48.1 Å². The van der Waals surface area contributed by atoms with E-state index in [0.29, 0.717) is 54.7 Å². The van der Waals surface area contributed by atoms with Crippen LogP contribution in [0.4, 0.5) is 4.39 Å². The number of carbonyl (C=O) groups excluding carboxylic acids is 1. The first-order valence-corrected chi connectivity index (χ1v) is 9.11. The molecule has 0 radical (unpaired) electrons. The summed E-state index contributed by atoms with van der Waals surface area (Å²) >= 11 is 6.22. The maximum absolute atomic E-state index is 13.8. The van der Waals surface area contributed by atoms with Crippen LogP contribution in [0.2, 0.25) is 5.02 Å². The van der Waals surface area contributed by atoms with E-state index in [1.54, 1.807) is 18.2 Å². The molecule has 2 aromatic carbocycles. The number of ether oxygens (including phenoxy) is 2. The van der Waals surface area contributed by atoms with Gasteiger partial charge < -0.3 is 14.8 Å². The number of hydrogen-bond donors (Lipinski definition) is 1. The van der Waals surface area contributed by atoms with Gasteiger partial charge >= 0.3 is 0 Å². The Balaban J connectivity index is 1.31. The molecule has 4 rings (SSSR count). The molecule has 2 aliphatic rings. The highest BCUT2D eigenvalue weighted by molar-refractivity contribution is 6.32. The highest BCUT2D eigenvalue weighted by atomic mass is 35.5. The van der Waals surface area contributed by atoms with E-state index in [1.165, 1.54) is 6.07 Å². The summed E-state index contributed by atoms with van der Waals surface area (Å²) in [6.07, 6.45) is 1.34. The van der Waals surface area contributed by atoms with Gasteiger partial charge in [0.1, 0.15) is 19.0 Å². The number of hydrogen-bond acceptors (Lipinski definition) is 3. The lowest BCUT2D eigenvalue weighted by atomic mass is 10.1. The van der Waals surface area contributed by atoms with Crippen molar-refractivity contribution < 1.29 is 18.7 Å². The van der Waals surface area contributed by atoms with E-state index in [1.807, 2.05) is 12.1 Å². The lowest BCUT2D eigenvalue weighted by molar-refractivity contribution is -0.122. The molecular formula is C20H19ClFNO3. The van der Waals surface area contributed by atoms with Crippen molar-refractivity contribution in [2.75, 3.05) is 19.8 Å². The maximum atomic E-state index is 13.8. The van der Waals surface area contributed by atoms with Crippen molar-refractivity contribution >= 4 is 17.5 Å². The fourth-order valence-corrected chi connectivity index (χ4v) is 3.66. The molecule has 1 fully saturated rings. The van der Waals surface area contributed by atoms with Crippen LogP contribution in [0.3, 0.4) is 0 Å². The molecule has 26 heavy (non-hydrogen) atoms. The van der Waals surface area contributed by atoms with Gasteiger partial charge in [0, 0.05) is 12.5 Å². The second-order valence-corrected chi connectivity index (χ2v) is 7.02. The Labute approximate surface area is 156 Å². The van der Waals surface area contributed by atoms with E-state index in [0.717, 1.165) is 5.56 Å². The number of carbonyl (C=O) groups is 1. The second kappa shape index (κ2) is 7.16. The number of amides is 1. The summed E-state index contributed by atoms with van der Waals surface area (Å²) in [6, 6.07) is 10.4. The second-order valence-electron chi connectivity index (χ2n) is 6.61. The summed E-state index contributed by atoms with van der Waals surface area (Å²) in [6.45, 7) is 1.49. The van der Waals surface area contributed by atoms with Crippen molar-refractivity contribution in [1.29, 1.82) is 0 Å². The molecule has 4 nitrogen and oxygen atoms in total. The van der Waals surface area contributed by atoms with E-state index < -0.39 is 0 Å². The normalized spacial score (nSPS) is 20.5. The first-order chi connectivity index (χ1) is 12.6. The molecule has 136 valence electrons. The van der Waals surface area contributed by atoms with Crippen LogP contribution >= 0.6 is 11.6 Å². The van der Waals surface area contributed by atoms with Gasteiger partial charge in [0.25, 0.3) is 0 Å². The summed E-state index contributed by atoms with van der Waals surface area (Å²) < 4.78 is 24.9. The molecule has 2 atom stereocenters.